The fourth-order valence-electron chi connectivity index (χ4n) is 2.61. The van der Waals surface area contributed by atoms with Gasteiger partial charge in [-0.2, -0.15) is 0 Å². The van der Waals surface area contributed by atoms with Crippen LogP contribution < -0.4 is 11.1 Å². The Morgan fingerprint density at radius 2 is 1.86 bits per heavy atom. The first-order valence-corrected chi connectivity index (χ1v) is 7.94. The topological polar surface area (TPSA) is 50.4 Å². The first-order valence-electron chi connectivity index (χ1n) is 7.15. The molecule has 0 unspecified atom stereocenters. The Hall–Kier alpha value is -0.300. The van der Waals surface area contributed by atoms with Crippen molar-refractivity contribution in [1.82, 2.24) is 5.32 Å². The number of nitrogens with zero attached hydrogens (tertiary/aromatic N) is 1. The molecule has 0 bridgehead atoms. The van der Waals surface area contributed by atoms with Crippen LogP contribution in [0.1, 0.15) is 45.6 Å². The molecule has 0 atom stereocenters. The highest BCUT2D eigenvalue weighted by molar-refractivity contribution is 14.0. The summed E-state index contributed by atoms with van der Waals surface area (Å²) in [5.74, 6) is 0.542. The second-order valence-corrected chi connectivity index (χ2v) is 7.63. The number of rotatable bonds is 3. The smallest absolute Gasteiger partial charge is 0.189 e. The maximum absolute atomic E-state index is 5.98. The molecule has 0 radical (unpaired) electrons. The molecule has 0 saturated heterocycles. The molecule has 1 saturated carbocycles. The van der Waals surface area contributed by atoms with Crippen LogP contribution in [0.25, 0.3) is 0 Å². The maximum atomic E-state index is 5.98. The van der Waals surface area contributed by atoms with E-state index in [9.17, 15) is 0 Å². The third-order valence-electron chi connectivity index (χ3n) is 3.82. The van der Waals surface area contributed by atoms with Crippen molar-refractivity contribution in [3.8, 4) is 0 Å². The van der Waals surface area contributed by atoms with Crippen molar-refractivity contribution in [3.05, 3.63) is 34.3 Å². The van der Waals surface area contributed by atoms with Crippen molar-refractivity contribution in [2.24, 2.45) is 10.7 Å². The number of nitrogens with one attached hydrogen (secondary N) is 1. The van der Waals surface area contributed by atoms with E-state index in [-0.39, 0.29) is 34.9 Å². The summed E-state index contributed by atoms with van der Waals surface area (Å²) in [4.78, 5) is 4.57. The molecule has 1 aromatic rings. The second-order valence-electron chi connectivity index (χ2n) is 6.72. The Labute approximate surface area is 153 Å². The lowest BCUT2D eigenvalue weighted by Crippen LogP contribution is -2.46. The predicted octanol–water partition coefficient (Wildman–Crippen LogP) is 4.19. The normalized spacial score (nSPS) is 17.6. The molecule has 0 spiro atoms. The molecular formula is C16H25BrIN3. The highest BCUT2D eigenvalue weighted by Gasteiger charge is 2.38. The summed E-state index contributed by atoms with van der Waals surface area (Å²) in [5.41, 5.74) is 7.50. The van der Waals surface area contributed by atoms with Gasteiger partial charge in [0.05, 0.1) is 6.54 Å². The van der Waals surface area contributed by atoms with Crippen LogP contribution in [0.5, 0.6) is 0 Å². The lowest BCUT2D eigenvalue weighted by Gasteiger charge is -2.41. The van der Waals surface area contributed by atoms with E-state index in [1.165, 1.54) is 24.8 Å². The molecule has 0 heterocycles. The molecule has 1 aromatic carbocycles. The fourth-order valence-corrected chi connectivity index (χ4v) is 2.87. The monoisotopic (exact) mass is 465 g/mol. The van der Waals surface area contributed by atoms with Crippen LogP contribution in [-0.4, -0.2) is 18.0 Å². The van der Waals surface area contributed by atoms with Gasteiger partial charge >= 0.3 is 0 Å². The fraction of sp³-hybridized carbons (Fsp3) is 0.562. The van der Waals surface area contributed by atoms with E-state index in [0.29, 0.717) is 5.96 Å². The van der Waals surface area contributed by atoms with Gasteiger partial charge in [0.15, 0.2) is 5.96 Å². The first kappa shape index (κ1) is 18.7. The Morgan fingerprint density at radius 1 is 1.29 bits per heavy atom. The van der Waals surface area contributed by atoms with Crippen LogP contribution >= 0.6 is 39.9 Å². The second kappa shape index (κ2) is 7.31. The van der Waals surface area contributed by atoms with Gasteiger partial charge in [0.2, 0.25) is 0 Å². The minimum atomic E-state index is -0.0437. The molecule has 0 aromatic heterocycles. The van der Waals surface area contributed by atoms with Gasteiger partial charge in [-0.3, -0.25) is 4.99 Å². The summed E-state index contributed by atoms with van der Waals surface area (Å²) in [5, 5.41) is 3.22. The molecule has 118 valence electrons. The van der Waals surface area contributed by atoms with Crippen molar-refractivity contribution in [2.75, 3.05) is 6.54 Å². The number of hydrogen-bond donors (Lipinski definition) is 2. The van der Waals surface area contributed by atoms with Gasteiger partial charge in [-0.15, -0.1) is 24.0 Å². The van der Waals surface area contributed by atoms with Crippen LogP contribution in [0.2, 0.25) is 0 Å². The molecular weight excluding hydrogens is 441 g/mol. The highest BCUT2D eigenvalue weighted by atomic mass is 127. The van der Waals surface area contributed by atoms with Gasteiger partial charge in [-0.1, -0.05) is 34.5 Å². The minimum Gasteiger partial charge on any atom is -0.370 e. The van der Waals surface area contributed by atoms with Crippen LogP contribution in [0.3, 0.4) is 0 Å². The minimum absolute atomic E-state index is 0. The molecule has 0 aliphatic heterocycles. The van der Waals surface area contributed by atoms with E-state index in [2.05, 4.69) is 71.3 Å². The van der Waals surface area contributed by atoms with Gasteiger partial charge in [0.25, 0.3) is 0 Å². The van der Waals surface area contributed by atoms with Crippen LogP contribution in [0.4, 0.5) is 0 Å². The number of benzene rings is 1. The largest absolute Gasteiger partial charge is 0.370 e. The van der Waals surface area contributed by atoms with Crippen LogP contribution in [0.15, 0.2) is 33.7 Å². The molecule has 3 nitrogen and oxygen atoms in total. The first-order chi connectivity index (χ1) is 9.31. The highest BCUT2D eigenvalue weighted by Crippen LogP contribution is 2.44. The zero-order valence-electron chi connectivity index (χ0n) is 12.9. The van der Waals surface area contributed by atoms with Gasteiger partial charge in [0.1, 0.15) is 0 Å². The number of guanidine groups is 1. The predicted molar refractivity (Wildman–Crippen MR) is 104 cm³/mol. The van der Waals surface area contributed by atoms with Gasteiger partial charge in [0, 0.05) is 15.4 Å². The Morgan fingerprint density at radius 3 is 2.29 bits per heavy atom. The van der Waals surface area contributed by atoms with Gasteiger partial charge in [-0.05, 0) is 51.3 Å². The van der Waals surface area contributed by atoms with Gasteiger partial charge in [-0.25, -0.2) is 0 Å². The summed E-state index contributed by atoms with van der Waals surface area (Å²) in [6.07, 6.45) is 3.67. The summed E-state index contributed by atoms with van der Waals surface area (Å²) in [6.45, 7) is 7.03. The molecule has 1 fully saturated rings. The van der Waals surface area contributed by atoms with Crippen LogP contribution in [-0.2, 0) is 5.41 Å². The molecule has 3 N–H and O–H groups in total. The SMILES string of the molecule is CC(C)(C)NC(N)=NCC1(c2ccc(Br)cc2)CCC1.I. The third kappa shape index (κ3) is 5.13. The van der Waals surface area contributed by atoms with E-state index in [0.717, 1.165) is 11.0 Å². The van der Waals surface area contributed by atoms with Crippen LogP contribution in [0, 0.1) is 0 Å². The van der Waals surface area contributed by atoms with Crippen molar-refractivity contribution < 1.29 is 0 Å². The van der Waals surface area contributed by atoms with Crippen molar-refractivity contribution in [3.63, 3.8) is 0 Å². The zero-order chi connectivity index (χ0) is 14.8. The number of nitrogens with two attached hydrogens (primary N) is 1. The quantitative estimate of drug-likeness (QED) is 0.399. The van der Waals surface area contributed by atoms with Crippen molar-refractivity contribution in [2.45, 2.75) is 51.0 Å². The number of halogens is 2. The average Bonchev–Trinajstić information content (AvgIpc) is 2.27. The standard InChI is InChI=1S/C16H24BrN3.HI/c1-15(2,3)20-14(18)19-11-16(9-4-10-16)12-5-7-13(17)8-6-12;/h5-8H,4,9-11H2,1-3H3,(H3,18,19,20);1H. The summed E-state index contributed by atoms with van der Waals surface area (Å²) < 4.78 is 1.12. The summed E-state index contributed by atoms with van der Waals surface area (Å²) in [6, 6.07) is 8.62. The third-order valence-corrected chi connectivity index (χ3v) is 4.35. The maximum Gasteiger partial charge on any atom is 0.189 e. The van der Waals surface area contributed by atoms with E-state index in [1.807, 2.05) is 0 Å². The summed E-state index contributed by atoms with van der Waals surface area (Å²) >= 11 is 3.49. The van der Waals surface area contributed by atoms with E-state index >= 15 is 0 Å². The Kier molecular flexibility index (Phi) is 6.53. The molecule has 5 heteroatoms. The van der Waals surface area contributed by atoms with E-state index in [4.69, 9.17) is 5.73 Å². The van der Waals surface area contributed by atoms with Gasteiger partial charge < -0.3 is 11.1 Å². The average molecular weight is 466 g/mol. The molecule has 0 amide bonds. The lowest BCUT2D eigenvalue weighted by atomic mass is 9.64. The summed E-state index contributed by atoms with van der Waals surface area (Å²) in [7, 11) is 0. The van der Waals surface area contributed by atoms with E-state index in [1.54, 1.807) is 0 Å². The Bertz CT molecular complexity index is 487. The lowest BCUT2D eigenvalue weighted by molar-refractivity contribution is 0.253. The zero-order valence-corrected chi connectivity index (χ0v) is 16.9. The molecule has 2 rings (SSSR count). The molecule has 1 aliphatic carbocycles. The molecule has 1 aliphatic rings. The number of aliphatic imine (C=N–C) groups is 1. The number of hydrogen-bond acceptors (Lipinski definition) is 1. The van der Waals surface area contributed by atoms with Crippen molar-refractivity contribution in [1.29, 1.82) is 0 Å². The molecule has 21 heavy (non-hydrogen) atoms. The Balaban J connectivity index is 0.00000220. The van der Waals surface area contributed by atoms with E-state index < -0.39 is 0 Å². The van der Waals surface area contributed by atoms with Crippen molar-refractivity contribution >= 4 is 45.9 Å².